The summed E-state index contributed by atoms with van der Waals surface area (Å²) < 4.78 is 29.6. The van der Waals surface area contributed by atoms with Gasteiger partial charge in [0.1, 0.15) is 0 Å². The minimum Gasteiger partial charge on any atom is -0.325 e. The van der Waals surface area contributed by atoms with Gasteiger partial charge in [-0.1, -0.05) is 23.8 Å². The molecule has 3 N–H and O–H groups in total. The average Bonchev–Trinajstić information content (AvgIpc) is 2.39. The molecular formula is C14H18N2O3S. The lowest BCUT2D eigenvalue weighted by molar-refractivity contribution is 0.483. The van der Waals surface area contributed by atoms with Gasteiger partial charge in [0.2, 0.25) is 0 Å². The molecule has 0 saturated carbocycles. The lowest BCUT2D eigenvalue weighted by Gasteiger charge is -1.95. The van der Waals surface area contributed by atoms with E-state index in [0.717, 1.165) is 17.0 Å². The molecule has 0 saturated heterocycles. The van der Waals surface area contributed by atoms with E-state index < -0.39 is 10.1 Å². The van der Waals surface area contributed by atoms with Crippen molar-refractivity contribution in [2.24, 2.45) is 5.73 Å². The number of pyridine rings is 1. The second-order valence-electron chi connectivity index (χ2n) is 4.26. The van der Waals surface area contributed by atoms with Crippen molar-refractivity contribution in [1.29, 1.82) is 0 Å². The topological polar surface area (TPSA) is 93.3 Å². The molecule has 0 aliphatic rings. The summed E-state index contributed by atoms with van der Waals surface area (Å²) in [5, 5.41) is 0. The molecule has 2 aromatic rings. The van der Waals surface area contributed by atoms with Gasteiger partial charge in [-0.3, -0.25) is 9.54 Å². The summed E-state index contributed by atoms with van der Waals surface area (Å²) in [7, 11) is -4.02. The summed E-state index contributed by atoms with van der Waals surface area (Å²) in [5.74, 6) is 0. The van der Waals surface area contributed by atoms with Crippen molar-refractivity contribution in [3.05, 3.63) is 59.4 Å². The van der Waals surface area contributed by atoms with Crippen LogP contribution in [0.15, 0.2) is 47.4 Å². The molecule has 2 rings (SSSR count). The fourth-order valence-corrected chi connectivity index (χ4v) is 1.90. The van der Waals surface area contributed by atoms with E-state index in [9.17, 15) is 8.42 Å². The molecule has 0 fully saturated rings. The number of aryl methyl sites for hydroxylation is 2. The van der Waals surface area contributed by atoms with E-state index in [-0.39, 0.29) is 4.90 Å². The Hall–Kier alpha value is -1.76. The van der Waals surface area contributed by atoms with Gasteiger partial charge in [0.15, 0.2) is 0 Å². The van der Waals surface area contributed by atoms with Gasteiger partial charge in [0.05, 0.1) is 10.6 Å². The lowest BCUT2D eigenvalue weighted by atomic mass is 10.2. The third kappa shape index (κ3) is 5.48. The molecule has 0 aliphatic carbocycles. The molecule has 1 aromatic heterocycles. The second kappa shape index (κ2) is 7.14. The Balaban J connectivity index is 0.000000204. The fraction of sp³-hybridized carbons (Fsp3) is 0.214. The average molecular weight is 294 g/mol. The summed E-state index contributed by atoms with van der Waals surface area (Å²) in [6.07, 6.45) is 0. The van der Waals surface area contributed by atoms with Crippen LogP contribution in [0.2, 0.25) is 0 Å². The van der Waals surface area contributed by atoms with Crippen LogP contribution in [0.3, 0.4) is 0 Å². The molecule has 6 heteroatoms. The van der Waals surface area contributed by atoms with Crippen LogP contribution in [-0.4, -0.2) is 18.0 Å². The van der Waals surface area contributed by atoms with Crippen molar-refractivity contribution in [2.75, 3.05) is 0 Å². The Labute approximate surface area is 119 Å². The van der Waals surface area contributed by atoms with E-state index in [1.807, 2.05) is 32.0 Å². The molecule has 0 radical (unpaired) electrons. The fourth-order valence-electron chi connectivity index (χ4n) is 1.42. The smallest absolute Gasteiger partial charge is 0.294 e. The van der Waals surface area contributed by atoms with Gasteiger partial charge >= 0.3 is 0 Å². The molecule has 0 atom stereocenters. The molecule has 1 heterocycles. The molecule has 0 unspecified atom stereocenters. The zero-order chi connectivity index (χ0) is 15.2. The van der Waals surface area contributed by atoms with Crippen LogP contribution >= 0.6 is 0 Å². The first-order chi connectivity index (χ1) is 9.32. The number of benzene rings is 1. The van der Waals surface area contributed by atoms with Gasteiger partial charge in [-0.05, 0) is 38.1 Å². The Kier molecular flexibility index (Phi) is 5.82. The second-order valence-corrected chi connectivity index (χ2v) is 5.68. The van der Waals surface area contributed by atoms with Gasteiger partial charge in [0, 0.05) is 12.2 Å². The zero-order valence-corrected chi connectivity index (χ0v) is 12.3. The summed E-state index contributed by atoms with van der Waals surface area (Å²) in [4.78, 5) is 4.10. The standard InChI is InChI=1S/C7H10N2.C7H8O3S/c1-6-3-2-4-7(5-8)9-6;1-6-2-4-7(5-3-6)11(8,9)10/h2-4H,5,8H2,1H3;2-5H,1H3,(H,8,9,10). The highest BCUT2D eigenvalue weighted by Crippen LogP contribution is 2.08. The quantitative estimate of drug-likeness (QED) is 0.827. The monoisotopic (exact) mass is 294 g/mol. The number of nitrogens with zero attached hydrogens (tertiary/aromatic N) is 1. The lowest BCUT2D eigenvalue weighted by Crippen LogP contribution is -1.99. The highest BCUT2D eigenvalue weighted by molar-refractivity contribution is 7.85. The van der Waals surface area contributed by atoms with Gasteiger partial charge in [0.25, 0.3) is 10.1 Å². The number of aromatic nitrogens is 1. The first-order valence-corrected chi connectivity index (χ1v) is 7.43. The maximum atomic E-state index is 10.5. The maximum Gasteiger partial charge on any atom is 0.294 e. The first-order valence-electron chi connectivity index (χ1n) is 5.99. The summed E-state index contributed by atoms with van der Waals surface area (Å²) in [6, 6.07) is 11.8. The molecule has 1 aromatic carbocycles. The maximum absolute atomic E-state index is 10.5. The van der Waals surface area contributed by atoms with Crippen molar-refractivity contribution >= 4 is 10.1 Å². The highest BCUT2D eigenvalue weighted by Gasteiger charge is 2.06. The van der Waals surface area contributed by atoms with Gasteiger partial charge < -0.3 is 5.73 Å². The SMILES string of the molecule is Cc1ccc(S(=O)(=O)O)cc1.Cc1cccc(CN)n1. The molecule has 0 aliphatic heterocycles. The first kappa shape index (κ1) is 16.3. The molecule has 0 spiro atoms. The molecular weight excluding hydrogens is 276 g/mol. The largest absolute Gasteiger partial charge is 0.325 e. The van der Waals surface area contributed by atoms with Crippen LogP contribution in [0.25, 0.3) is 0 Å². The van der Waals surface area contributed by atoms with Crippen molar-refractivity contribution in [1.82, 2.24) is 4.98 Å². The Bertz CT molecular complexity index is 652. The van der Waals surface area contributed by atoms with E-state index >= 15 is 0 Å². The normalized spacial score (nSPS) is 10.6. The third-order valence-electron chi connectivity index (χ3n) is 2.47. The van der Waals surface area contributed by atoms with Crippen molar-refractivity contribution in [3.8, 4) is 0 Å². The van der Waals surface area contributed by atoms with Crippen LogP contribution < -0.4 is 5.73 Å². The zero-order valence-electron chi connectivity index (χ0n) is 11.4. The van der Waals surface area contributed by atoms with E-state index in [1.54, 1.807) is 12.1 Å². The molecule has 0 amide bonds. The highest BCUT2D eigenvalue weighted by atomic mass is 32.2. The predicted octanol–water partition coefficient (Wildman–Crippen LogP) is 2.09. The third-order valence-corrected chi connectivity index (χ3v) is 3.34. The summed E-state index contributed by atoms with van der Waals surface area (Å²) in [5.41, 5.74) is 8.29. The van der Waals surface area contributed by atoms with Crippen LogP contribution in [0.1, 0.15) is 17.0 Å². The van der Waals surface area contributed by atoms with Crippen molar-refractivity contribution in [2.45, 2.75) is 25.3 Å². The van der Waals surface area contributed by atoms with Gasteiger partial charge in [-0.2, -0.15) is 8.42 Å². The predicted molar refractivity (Wildman–Crippen MR) is 77.9 cm³/mol. The van der Waals surface area contributed by atoms with Crippen LogP contribution in [0.4, 0.5) is 0 Å². The van der Waals surface area contributed by atoms with Crippen molar-refractivity contribution < 1.29 is 13.0 Å². The van der Waals surface area contributed by atoms with Crippen LogP contribution in [0, 0.1) is 13.8 Å². The minimum absolute atomic E-state index is 0.0666. The van der Waals surface area contributed by atoms with E-state index in [0.29, 0.717) is 6.54 Å². The molecule has 20 heavy (non-hydrogen) atoms. The van der Waals surface area contributed by atoms with Crippen LogP contribution in [-0.2, 0) is 16.7 Å². The Morgan fingerprint density at radius 1 is 1.10 bits per heavy atom. The number of nitrogens with two attached hydrogens (primary N) is 1. The number of hydrogen-bond donors (Lipinski definition) is 2. The minimum atomic E-state index is -4.02. The van der Waals surface area contributed by atoms with E-state index in [2.05, 4.69) is 4.98 Å². The van der Waals surface area contributed by atoms with E-state index in [1.165, 1.54) is 12.1 Å². The molecule has 108 valence electrons. The summed E-state index contributed by atoms with van der Waals surface area (Å²) >= 11 is 0. The number of hydrogen-bond acceptors (Lipinski definition) is 4. The van der Waals surface area contributed by atoms with E-state index in [4.69, 9.17) is 10.3 Å². The Morgan fingerprint density at radius 2 is 1.70 bits per heavy atom. The van der Waals surface area contributed by atoms with Gasteiger partial charge in [-0.15, -0.1) is 0 Å². The van der Waals surface area contributed by atoms with Crippen LogP contribution in [0.5, 0.6) is 0 Å². The Morgan fingerprint density at radius 3 is 2.10 bits per heavy atom. The van der Waals surface area contributed by atoms with Crippen molar-refractivity contribution in [3.63, 3.8) is 0 Å². The molecule has 5 nitrogen and oxygen atoms in total. The molecule has 0 bridgehead atoms. The summed E-state index contributed by atoms with van der Waals surface area (Å²) in [6.45, 7) is 4.33. The van der Waals surface area contributed by atoms with Gasteiger partial charge in [-0.25, -0.2) is 0 Å². The number of rotatable bonds is 2.